The quantitative estimate of drug-likeness (QED) is 0.350. The van der Waals surface area contributed by atoms with Gasteiger partial charge in [-0.1, -0.05) is 18.2 Å². The van der Waals surface area contributed by atoms with Gasteiger partial charge in [0.2, 0.25) is 16.0 Å². The van der Waals surface area contributed by atoms with Crippen molar-refractivity contribution in [2.24, 2.45) is 10.8 Å². The summed E-state index contributed by atoms with van der Waals surface area (Å²) in [6.45, 7) is 4.52. The number of piperazine rings is 1. The smallest absolute Gasteiger partial charge is 0.243 e. The second-order valence-corrected chi connectivity index (χ2v) is 6.58. The van der Waals surface area contributed by atoms with Crippen molar-refractivity contribution >= 4 is 16.0 Å². The fourth-order valence-electron chi connectivity index (χ4n) is 2.27. The van der Waals surface area contributed by atoms with Crippen molar-refractivity contribution in [2.75, 3.05) is 32.7 Å². The molecule has 0 radical (unpaired) electrons. The maximum Gasteiger partial charge on any atom is 0.243 e. The Hall–Kier alpha value is -1.64. The Balaban J connectivity index is 2.06. The first kappa shape index (κ1) is 15.7. The van der Waals surface area contributed by atoms with Crippen molar-refractivity contribution in [3.63, 3.8) is 0 Å². The first-order valence-electron chi connectivity index (χ1n) is 6.90. The molecule has 0 saturated carbocycles. The van der Waals surface area contributed by atoms with E-state index in [1.54, 1.807) is 30.3 Å². The van der Waals surface area contributed by atoms with E-state index in [-0.39, 0.29) is 0 Å². The average Bonchev–Trinajstić information content (AvgIpc) is 2.53. The number of aliphatic imine (C=N–C) groups is 1. The molecule has 0 aliphatic carbocycles. The third-order valence-corrected chi connectivity index (χ3v) is 5.27. The van der Waals surface area contributed by atoms with Crippen LogP contribution in [0.3, 0.4) is 0 Å². The van der Waals surface area contributed by atoms with E-state index in [4.69, 9.17) is 5.84 Å². The largest absolute Gasteiger partial charge is 0.339 e. The summed E-state index contributed by atoms with van der Waals surface area (Å²) in [7, 11) is -3.42. The highest BCUT2D eigenvalue weighted by molar-refractivity contribution is 7.89. The third-order valence-electron chi connectivity index (χ3n) is 3.36. The summed E-state index contributed by atoms with van der Waals surface area (Å²) in [4.78, 5) is 6.54. The lowest BCUT2D eigenvalue weighted by atomic mass is 10.4. The molecule has 2 rings (SSSR count). The molecule has 0 spiro atoms. The average molecular weight is 311 g/mol. The Morgan fingerprint density at radius 1 is 1.24 bits per heavy atom. The van der Waals surface area contributed by atoms with Crippen LogP contribution < -0.4 is 11.3 Å². The van der Waals surface area contributed by atoms with E-state index in [1.807, 2.05) is 11.8 Å². The van der Waals surface area contributed by atoms with Crippen LogP contribution in [0.25, 0.3) is 0 Å². The Morgan fingerprint density at radius 3 is 2.38 bits per heavy atom. The minimum absolute atomic E-state index is 0.331. The maximum atomic E-state index is 12.5. The highest BCUT2D eigenvalue weighted by atomic mass is 32.2. The van der Waals surface area contributed by atoms with E-state index in [0.29, 0.717) is 43.6 Å². The normalized spacial score (nSPS) is 17.8. The van der Waals surface area contributed by atoms with Gasteiger partial charge in [-0.2, -0.15) is 4.31 Å². The van der Waals surface area contributed by atoms with Crippen molar-refractivity contribution in [3.05, 3.63) is 30.3 Å². The third kappa shape index (κ3) is 3.52. The van der Waals surface area contributed by atoms with E-state index in [1.165, 1.54) is 4.31 Å². The van der Waals surface area contributed by atoms with Crippen LogP contribution in [0.1, 0.15) is 6.92 Å². The fourth-order valence-corrected chi connectivity index (χ4v) is 3.71. The maximum absolute atomic E-state index is 12.5. The molecule has 0 bridgehead atoms. The number of sulfonamides is 1. The first-order valence-corrected chi connectivity index (χ1v) is 8.34. The lowest BCUT2D eigenvalue weighted by Crippen LogP contribution is -2.54. The van der Waals surface area contributed by atoms with Gasteiger partial charge in [-0.3, -0.25) is 10.4 Å². The van der Waals surface area contributed by atoms with Crippen LogP contribution in [-0.2, 0) is 10.0 Å². The zero-order valence-electron chi connectivity index (χ0n) is 12.1. The highest BCUT2D eigenvalue weighted by Gasteiger charge is 2.29. The van der Waals surface area contributed by atoms with Gasteiger partial charge in [0.05, 0.1) is 4.90 Å². The zero-order valence-corrected chi connectivity index (χ0v) is 12.9. The van der Waals surface area contributed by atoms with Crippen molar-refractivity contribution in [3.8, 4) is 0 Å². The number of hydrazine groups is 1. The summed E-state index contributed by atoms with van der Waals surface area (Å²) in [5, 5.41) is 0. The van der Waals surface area contributed by atoms with Crippen molar-refractivity contribution in [1.82, 2.24) is 14.6 Å². The number of guanidine groups is 1. The minimum atomic E-state index is -3.42. The molecule has 0 unspecified atom stereocenters. The highest BCUT2D eigenvalue weighted by Crippen LogP contribution is 2.17. The van der Waals surface area contributed by atoms with Gasteiger partial charge in [0.25, 0.3) is 0 Å². The number of hydrogen-bond donors (Lipinski definition) is 2. The molecule has 0 aromatic heterocycles. The van der Waals surface area contributed by atoms with Gasteiger partial charge in [0.1, 0.15) is 0 Å². The lowest BCUT2D eigenvalue weighted by molar-refractivity contribution is 0.260. The standard InChI is InChI=1S/C13H21N5O2S/c1-2-15-13(16-14)17-8-10-18(11-9-17)21(19,20)12-6-4-3-5-7-12/h3-7H,2,8-11,14H2,1H3,(H,15,16). The fraction of sp³-hybridized carbons (Fsp3) is 0.462. The first-order chi connectivity index (χ1) is 10.1. The van der Waals surface area contributed by atoms with Crippen molar-refractivity contribution in [2.45, 2.75) is 11.8 Å². The lowest BCUT2D eigenvalue weighted by Gasteiger charge is -2.35. The molecule has 1 heterocycles. The summed E-state index contributed by atoms with van der Waals surface area (Å²) < 4.78 is 26.5. The summed E-state index contributed by atoms with van der Waals surface area (Å²) in [6, 6.07) is 8.50. The van der Waals surface area contributed by atoms with E-state index in [9.17, 15) is 8.42 Å². The molecule has 21 heavy (non-hydrogen) atoms. The summed E-state index contributed by atoms with van der Waals surface area (Å²) in [6.07, 6.45) is 0. The Labute approximate surface area is 125 Å². The van der Waals surface area contributed by atoms with Crippen molar-refractivity contribution in [1.29, 1.82) is 0 Å². The molecule has 1 aliphatic heterocycles. The second-order valence-electron chi connectivity index (χ2n) is 4.65. The Kier molecular flexibility index (Phi) is 5.16. The minimum Gasteiger partial charge on any atom is -0.339 e. The molecule has 7 nitrogen and oxygen atoms in total. The predicted octanol–water partition coefficient (Wildman–Crippen LogP) is -0.168. The Morgan fingerprint density at radius 2 is 1.86 bits per heavy atom. The number of rotatable bonds is 3. The molecule has 1 fully saturated rings. The molecule has 1 saturated heterocycles. The number of nitrogens with two attached hydrogens (primary N) is 1. The molecule has 1 aromatic rings. The number of nitrogens with zero attached hydrogens (tertiary/aromatic N) is 3. The monoisotopic (exact) mass is 311 g/mol. The predicted molar refractivity (Wildman–Crippen MR) is 82.1 cm³/mol. The number of nitrogens with one attached hydrogen (secondary N) is 1. The summed E-state index contributed by atoms with van der Waals surface area (Å²) in [5.41, 5.74) is 2.57. The van der Waals surface area contributed by atoms with Crippen LogP contribution >= 0.6 is 0 Å². The molecular weight excluding hydrogens is 290 g/mol. The summed E-state index contributed by atoms with van der Waals surface area (Å²) in [5.74, 6) is 6.05. The van der Waals surface area contributed by atoms with Crippen LogP contribution in [0.15, 0.2) is 40.2 Å². The van der Waals surface area contributed by atoms with E-state index >= 15 is 0 Å². The van der Waals surface area contributed by atoms with Crippen LogP contribution in [-0.4, -0.2) is 56.3 Å². The van der Waals surface area contributed by atoms with Crippen LogP contribution in [0.4, 0.5) is 0 Å². The van der Waals surface area contributed by atoms with E-state index in [0.717, 1.165) is 0 Å². The van der Waals surface area contributed by atoms with Crippen LogP contribution in [0, 0.1) is 0 Å². The molecule has 0 atom stereocenters. The van der Waals surface area contributed by atoms with E-state index < -0.39 is 10.0 Å². The van der Waals surface area contributed by atoms with Gasteiger partial charge < -0.3 is 4.90 Å². The zero-order chi connectivity index (χ0) is 15.3. The van der Waals surface area contributed by atoms with Gasteiger partial charge >= 0.3 is 0 Å². The SMILES string of the molecule is CCN=C(NN)N1CCN(S(=O)(=O)c2ccccc2)CC1. The van der Waals surface area contributed by atoms with Gasteiger partial charge in [-0.05, 0) is 19.1 Å². The Bertz CT molecular complexity index is 580. The molecule has 0 amide bonds. The van der Waals surface area contributed by atoms with Crippen LogP contribution in [0.2, 0.25) is 0 Å². The summed E-state index contributed by atoms with van der Waals surface area (Å²) >= 11 is 0. The van der Waals surface area contributed by atoms with Crippen LogP contribution in [0.5, 0.6) is 0 Å². The molecule has 1 aliphatic rings. The number of benzene rings is 1. The van der Waals surface area contributed by atoms with E-state index in [2.05, 4.69) is 10.4 Å². The van der Waals surface area contributed by atoms with Gasteiger partial charge in [0, 0.05) is 32.7 Å². The molecular formula is C13H21N5O2S. The van der Waals surface area contributed by atoms with Gasteiger partial charge in [-0.25, -0.2) is 14.3 Å². The number of hydrogen-bond acceptors (Lipinski definition) is 4. The molecule has 1 aromatic carbocycles. The van der Waals surface area contributed by atoms with Crippen molar-refractivity contribution < 1.29 is 8.42 Å². The molecule has 116 valence electrons. The molecule has 8 heteroatoms. The van der Waals surface area contributed by atoms with Gasteiger partial charge in [-0.15, -0.1) is 0 Å². The topological polar surface area (TPSA) is 91.0 Å². The second kappa shape index (κ2) is 6.88. The molecule has 3 N–H and O–H groups in total. The van der Waals surface area contributed by atoms with Gasteiger partial charge in [0.15, 0.2) is 0 Å².